The first-order valence-electron chi connectivity index (χ1n) is 5.99. The molecule has 0 saturated heterocycles. The van der Waals surface area contributed by atoms with Crippen LogP contribution < -0.4 is 5.32 Å². The van der Waals surface area contributed by atoms with Crippen molar-refractivity contribution < 1.29 is 19.1 Å². The molecule has 1 heterocycles. The highest BCUT2D eigenvalue weighted by molar-refractivity contribution is 7.11. The van der Waals surface area contributed by atoms with E-state index in [-0.39, 0.29) is 19.1 Å². The molecular weight excluding hydrogens is 282 g/mol. The molecular formula is C12H17N3O4S. The first kappa shape index (κ1) is 16.3. The van der Waals surface area contributed by atoms with Crippen LogP contribution in [0.4, 0.5) is 0 Å². The van der Waals surface area contributed by atoms with E-state index in [2.05, 4.69) is 20.3 Å². The quantitative estimate of drug-likeness (QED) is 0.429. The van der Waals surface area contributed by atoms with Gasteiger partial charge in [0.2, 0.25) is 5.91 Å². The lowest BCUT2D eigenvalue weighted by molar-refractivity contribution is -0.134. The van der Waals surface area contributed by atoms with E-state index in [0.717, 1.165) is 10.0 Å². The van der Waals surface area contributed by atoms with Crippen molar-refractivity contribution in [3.05, 3.63) is 22.2 Å². The molecule has 1 aromatic rings. The number of nitrogens with one attached hydrogen (secondary N) is 1. The maximum atomic E-state index is 11.4. The van der Waals surface area contributed by atoms with Crippen LogP contribution in [-0.2, 0) is 25.7 Å². The van der Waals surface area contributed by atoms with Gasteiger partial charge in [0.05, 0.1) is 7.11 Å². The average Bonchev–Trinajstić information content (AvgIpc) is 2.83. The third-order valence-electron chi connectivity index (χ3n) is 2.11. The van der Waals surface area contributed by atoms with Gasteiger partial charge in [0.25, 0.3) is 0 Å². The van der Waals surface area contributed by atoms with E-state index >= 15 is 0 Å². The van der Waals surface area contributed by atoms with Crippen molar-refractivity contribution in [2.75, 3.05) is 20.3 Å². The average molecular weight is 299 g/mol. The van der Waals surface area contributed by atoms with Crippen molar-refractivity contribution in [1.29, 1.82) is 0 Å². The Morgan fingerprint density at radius 2 is 2.20 bits per heavy atom. The molecule has 0 aromatic carbocycles. The van der Waals surface area contributed by atoms with E-state index in [1.807, 2.05) is 6.92 Å². The van der Waals surface area contributed by atoms with Crippen LogP contribution in [0.5, 0.6) is 0 Å². The number of aryl methyl sites for hydroxylation is 1. The summed E-state index contributed by atoms with van der Waals surface area (Å²) in [4.78, 5) is 22.2. The van der Waals surface area contributed by atoms with Crippen molar-refractivity contribution in [3.8, 4) is 0 Å². The van der Waals surface area contributed by atoms with Crippen LogP contribution in [0, 0.1) is 6.92 Å². The van der Waals surface area contributed by atoms with Gasteiger partial charge in [-0.3, -0.25) is 4.79 Å². The van der Waals surface area contributed by atoms with Crippen LogP contribution >= 0.6 is 11.3 Å². The molecule has 20 heavy (non-hydrogen) atoms. The van der Waals surface area contributed by atoms with E-state index in [1.54, 1.807) is 6.08 Å². The number of ether oxygens (including phenoxy) is 2. The lowest BCUT2D eigenvalue weighted by Gasteiger charge is -2.03. The van der Waals surface area contributed by atoms with Crippen LogP contribution in [0.2, 0.25) is 0 Å². The summed E-state index contributed by atoms with van der Waals surface area (Å²) in [5.74, 6) is -0.621. The number of nitrogens with zero attached hydrogens (tertiary/aromatic N) is 2. The van der Waals surface area contributed by atoms with Crippen LogP contribution in [0.1, 0.15) is 16.4 Å². The summed E-state index contributed by atoms with van der Waals surface area (Å²) >= 11 is 1.44. The molecule has 7 nitrogen and oxygen atoms in total. The van der Waals surface area contributed by atoms with Crippen molar-refractivity contribution in [1.82, 2.24) is 15.5 Å². The fraction of sp³-hybridized carbons (Fsp3) is 0.500. The Hall–Kier alpha value is -1.80. The van der Waals surface area contributed by atoms with E-state index in [4.69, 9.17) is 4.74 Å². The Kier molecular flexibility index (Phi) is 7.44. The van der Waals surface area contributed by atoms with Gasteiger partial charge in [-0.15, -0.1) is 10.2 Å². The van der Waals surface area contributed by atoms with Crippen molar-refractivity contribution in [2.45, 2.75) is 20.0 Å². The highest BCUT2D eigenvalue weighted by atomic mass is 32.1. The van der Waals surface area contributed by atoms with Gasteiger partial charge in [-0.05, 0) is 13.3 Å². The van der Waals surface area contributed by atoms with Gasteiger partial charge in [-0.1, -0.05) is 17.4 Å². The zero-order valence-electron chi connectivity index (χ0n) is 11.4. The van der Waals surface area contributed by atoms with E-state index in [0.29, 0.717) is 13.0 Å². The predicted molar refractivity (Wildman–Crippen MR) is 73.1 cm³/mol. The summed E-state index contributed by atoms with van der Waals surface area (Å²) in [5, 5.41) is 12.0. The van der Waals surface area contributed by atoms with Crippen LogP contribution in [0.15, 0.2) is 12.2 Å². The van der Waals surface area contributed by atoms with E-state index in [9.17, 15) is 9.59 Å². The predicted octanol–water partition coefficient (Wildman–Crippen LogP) is 0.599. The zero-order chi connectivity index (χ0) is 14.8. The molecule has 0 aliphatic rings. The minimum atomic E-state index is -0.410. The number of aromatic nitrogens is 2. The Morgan fingerprint density at radius 3 is 2.85 bits per heavy atom. The topological polar surface area (TPSA) is 90.4 Å². The molecule has 1 N–H and O–H groups in total. The SMILES string of the molecule is COC(=O)/C=C/CCNC(=O)COCc1nnc(C)s1. The molecule has 1 rings (SSSR count). The van der Waals surface area contributed by atoms with Gasteiger partial charge in [0.15, 0.2) is 0 Å². The number of hydrogen-bond acceptors (Lipinski definition) is 7. The van der Waals surface area contributed by atoms with Crippen LogP contribution in [0.25, 0.3) is 0 Å². The first-order valence-corrected chi connectivity index (χ1v) is 6.81. The third-order valence-corrected chi connectivity index (χ3v) is 2.93. The summed E-state index contributed by atoms with van der Waals surface area (Å²) in [6, 6.07) is 0. The van der Waals surface area contributed by atoms with Gasteiger partial charge >= 0.3 is 5.97 Å². The molecule has 0 unspecified atom stereocenters. The second-order valence-corrected chi connectivity index (χ2v) is 5.04. The number of methoxy groups -OCH3 is 1. The van der Waals surface area contributed by atoms with Gasteiger partial charge in [-0.2, -0.15) is 0 Å². The Bertz CT molecular complexity index is 473. The second-order valence-electron chi connectivity index (χ2n) is 3.77. The van der Waals surface area contributed by atoms with Gasteiger partial charge < -0.3 is 14.8 Å². The molecule has 0 saturated carbocycles. The summed E-state index contributed by atoms with van der Waals surface area (Å²) in [7, 11) is 1.31. The minimum Gasteiger partial charge on any atom is -0.466 e. The lowest BCUT2D eigenvalue weighted by atomic mass is 10.3. The lowest BCUT2D eigenvalue weighted by Crippen LogP contribution is -2.28. The summed E-state index contributed by atoms with van der Waals surface area (Å²) in [5.41, 5.74) is 0. The molecule has 1 amide bonds. The highest BCUT2D eigenvalue weighted by Gasteiger charge is 2.03. The minimum absolute atomic E-state index is 0.0284. The highest BCUT2D eigenvalue weighted by Crippen LogP contribution is 2.08. The molecule has 110 valence electrons. The van der Waals surface area contributed by atoms with Crippen molar-refractivity contribution >= 4 is 23.2 Å². The molecule has 0 aliphatic carbocycles. The number of amides is 1. The number of carbonyl (C=O) groups excluding carboxylic acids is 2. The fourth-order valence-electron chi connectivity index (χ4n) is 1.22. The van der Waals surface area contributed by atoms with Crippen LogP contribution in [-0.4, -0.2) is 42.3 Å². The maximum Gasteiger partial charge on any atom is 0.330 e. The maximum absolute atomic E-state index is 11.4. The second kappa shape index (κ2) is 9.16. The third kappa shape index (κ3) is 6.95. The summed E-state index contributed by atoms with van der Waals surface area (Å²) < 4.78 is 9.64. The van der Waals surface area contributed by atoms with Gasteiger partial charge in [0.1, 0.15) is 23.2 Å². The monoisotopic (exact) mass is 299 g/mol. The molecule has 0 atom stereocenters. The van der Waals surface area contributed by atoms with Gasteiger partial charge in [0, 0.05) is 12.6 Å². The molecule has 0 radical (unpaired) electrons. The first-order chi connectivity index (χ1) is 9.61. The normalized spacial score (nSPS) is 10.7. The number of rotatable bonds is 8. The zero-order valence-corrected chi connectivity index (χ0v) is 12.2. The van der Waals surface area contributed by atoms with Crippen molar-refractivity contribution in [2.24, 2.45) is 0 Å². The summed E-state index contributed by atoms with van der Waals surface area (Å²) in [6.07, 6.45) is 3.51. The van der Waals surface area contributed by atoms with Crippen molar-refractivity contribution in [3.63, 3.8) is 0 Å². The Morgan fingerprint density at radius 1 is 1.40 bits per heavy atom. The fourth-order valence-corrected chi connectivity index (χ4v) is 1.87. The molecule has 8 heteroatoms. The molecule has 1 aromatic heterocycles. The summed E-state index contributed by atoms with van der Waals surface area (Å²) in [6.45, 7) is 2.55. The number of esters is 1. The van der Waals surface area contributed by atoms with Crippen LogP contribution in [0.3, 0.4) is 0 Å². The molecule has 0 bridgehead atoms. The number of hydrogen-bond donors (Lipinski definition) is 1. The van der Waals surface area contributed by atoms with Gasteiger partial charge in [-0.25, -0.2) is 4.79 Å². The standard InChI is InChI=1S/C12H17N3O4S/c1-9-14-15-11(20-9)8-19-7-10(16)13-6-4-3-5-12(17)18-2/h3,5H,4,6-8H2,1-2H3,(H,13,16)/b5-3+. The molecule has 0 fully saturated rings. The van der Waals surface area contributed by atoms with E-state index in [1.165, 1.54) is 24.5 Å². The van der Waals surface area contributed by atoms with E-state index < -0.39 is 5.97 Å². The Balaban J connectivity index is 2.06. The molecule has 0 aliphatic heterocycles. The smallest absolute Gasteiger partial charge is 0.330 e. The molecule has 0 spiro atoms. The Labute approximate surface area is 121 Å². The number of carbonyl (C=O) groups is 2. The largest absolute Gasteiger partial charge is 0.466 e.